The van der Waals surface area contributed by atoms with Gasteiger partial charge in [0.1, 0.15) is 12.0 Å². The minimum Gasteiger partial charge on any atom is -0.476 e. The predicted octanol–water partition coefficient (Wildman–Crippen LogP) is 1.48. The van der Waals surface area contributed by atoms with Crippen molar-refractivity contribution >= 4 is 22.6 Å². The van der Waals surface area contributed by atoms with Crippen LogP contribution in [0.3, 0.4) is 0 Å². The van der Waals surface area contributed by atoms with E-state index >= 15 is 0 Å². The number of nitrogens with one attached hydrogen (secondary N) is 1. The number of rotatable bonds is 5. The number of hydrogen-bond donors (Lipinski definition) is 1. The maximum Gasteiger partial charge on any atom is 0.229 e. The summed E-state index contributed by atoms with van der Waals surface area (Å²) in [6.45, 7) is 1.46. The van der Waals surface area contributed by atoms with Crippen molar-refractivity contribution in [3.05, 3.63) is 11.5 Å². The summed E-state index contributed by atoms with van der Waals surface area (Å²) in [7, 11) is 2.11. The first-order valence-corrected chi connectivity index (χ1v) is 6.31. The normalized spacial score (nSPS) is 15.5. The van der Waals surface area contributed by atoms with Gasteiger partial charge in [0, 0.05) is 12.6 Å². The summed E-state index contributed by atoms with van der Waals surface area (Å²) in [5.74, 6) is 0.489. The highest BCUT2D eigenvalue weighted by Crippen LogP contribution is 2.25. The standard InChI is InChI=1S/C11H14ClN5O/c1-17(7-2-3-7)4-5-18-10-8-6-13-16-9(8)14-11(12)15-10/h6-7H,2-5H2,1H3,(H,13,14,15,16). The first-order chi connectivity index (χ1) is 8.74. The number of aromatic amines is 1. The molecule has 1 N–H and O–H groups in total. The van der Waals surface area contributed by atoms with E-state index in [4.69, 9.17) is 16.3 Å². The molecule has 0 unspecified atom stereocenters. The second-order valence-electron chi connectivity index (χ2n) is 4.49. The molecule has 6 nitrogen and oxygen atoms in total. The minimum atomic E-state index is 0.164. The van der Waals surface area contributed by atoms with Crippen LogP contribution in [-0.4, -0.2) is 51.3 Å². The second-order valence-corrected chi connectivity index (χ2v) is 4.83. The van der Waals surface area contributed by atoms with Crippen LogP contribution in [0.25, 0.3) is 11.0 Å². The van der Waals surface area contributed by atoms with Crippen LogP contribution in [0, 0.1) is 0 Å². The molecule has 96 valence electrons. The van der Waals surface area contributed by atoms with Gasteiger partial charge in [-0.2, -0.15) is 15.1 Å². The lowest BCUT2D eigenvalue weighted by molar-refractivity contribution is 0.228. The third-order valence-electron chi connectivity index (χ3n) is 3.10. The fraction of sp³-hybridized carbons (Fsp3) is 0.545. The summed E-state index contributed by atoms with van der Waals surface area (Å²) >= 11 is 5.82. The zero-order valence-corrected chi connectivity index (χ0v) is 10.8. The van der Waals surface area contributed by atoms with Crippen molar-refractivity contribution in [2.75, 3.05) is 20.2 Å². The Balaban J connectivity index is 1.67. The largest absolute Gasteiger partial charge is 0.476 e. The van der Waals surface area contributed by atoms with Gasteiger partial charge < -0.3 is 9.64 Å². The third kappa shape index (κ3) is 2.39. The molecule has 18 heavy (non-hydrogen) atoms. The van der Waals surface area contributed by atoms with Gasteiger partial charge >= 0.3 is 0 Å². The van der Waals surface area contributed by atoms with Crippen molar-refractivity contribution in [1.82, 2.24) is 25.1 Å². The Morgan fingerprint density at radius 1 is 1.50 bits per heavy atom. The summed E-state index contributed by atoms with van der Waals surface area (Å²) in [4.78, 5) is 10.4. The van der Waals surface area contributed by atoms with Crippen LogP contribution in [0.1, 0.15) is 12.8 Å². The van der Waals surface area contributed by atoms with Gasteiger partial charge in [-0.05, 0) is 31.5 Å². The zero-order chi connectivity index (χ0) is 12.5. The van der Waals surface area contributed by atoms with Crippen molar-refractivity contribution < 1.29 is 4.74 Å². The highest BCUT2D eigenvalue weighted by molar-refractivity contribution is 6.28. The summed E-state index contributed by atoms with van der Waals surface area (Å²) in [6.07, 6.45) is 4.23. The van der Waals surface area contributed by atoms with E-state index in [1.807, 2.05) is 0 Å². The molecule has 1 saturated carbocycles. The molecule has 0 aromatic carbocycles. The maximum atomic E-state index is 5.82. The molecule has 1 aliphatic rings. The Kier molecular flexibility index (Phi) is 3.05. The van der Waals surface area contributed by atoms with Crippen LogP contribution in [0.2, 0.25) is 5.28 Å². The summed E-state index contributed by atoms with van der Waals surface area (Å²) in [5.41, 5.74) is 0.598. The fourth-order valence-electron chi connectivity index (χ4n) is 1.88. The van der Waals surface area contributed by atoms with Crippen molar-refractivity contribution in [3.8, 4) is 5.88 Å². The molecule has 0 radical (unpaired) electrons. The molecule has 0 amide bonds. The summed E-state index contributed by atoms with van der Waals surface area (Å²) in [5, 5.41) is 7.58. The van der Waals surface area contributed by atoms with Gasteiger partial charge in [-0.3, -0.25) is 5.10 Å². The molecule has 0 aliphatic heterocycles. The molecule has 7 heteroatoms. The number of fused-ring (bicyclic) bond motifs is 1. The number of aromatic nitrogens is 4. The molecule has 0 atom stereocenters. The average molecular weight is 268 g/mol. The van der Waals surface area contributed by atoms with Gasteiger partial charge in [0.15, 0.2) is 5.65 Å². The number of nitrogens with zero attached hydrogens (tertiary/aromatic N) is 4. The molecular weight excluding hydrogens is 254 g/mol. The molecule has 2 heterocycles. The van der Waals surface area contributed by atoms with E-state index in [-0.39, 0.29) is 5.28 Å². The SMILES string of the molecule is CN(CCOc1nc(Cl)nc2[nH]ncc12)C1CC1. The maximum absolute atomic E-state index is 5.82. The minimum absolute atomic E-state index is 0.164. The van der Waals surface area contributed by atoms with E-state index in [2.05, 4.69) is 32.1 Å². The number of H-pyrrole nitrogens is 1. The van der Waals surface area contributed by atoms with E-state index in [0.717, 1.165) is 18.0 Å². The summed E-state index contributed by atoms with van der Waals surface area (Å²) < 4.78 is 5.67. The van der Waals surface area contributed by atoms with E-state index in [0.29, 0.717) is 18.1 Å². The molecule has 1 fully saturated rings. The van der Waals surface area contributed by atoms with Crippen molar-refractivity contribution in [2.24, 2.45) is 0 Å². The Morgan fingerprint density at radius 3 is 3.11 bits per heavy atom. The van der Waals surface area contributed by atoms with E-state index in [1.54, 1.807) is 6.20 Å². The van der Waals surface area contributed by atoms with E-state index in [9.17, 15) is 0 Å². The molecule has 3 rings (SSSR count). The summed E-state index contributed by atoms with van der Waals surface area (Å²) in [6, 6.07) is 0.733. The van der Waals surface area contributed by atoms with Crippen LogP contribution in [0.4, 0.5) is 0 Å². The predicted molar refractivity (Wildman–Crippen MR) is 67.8 cm³/mol. The van der Waals surface area contributed by atoms with Crippen LogP contribution in [-0.2, 0) is 0 Å². The van der Waals surface area contributed by atoms with Crippen LogP contribution in [0.5, 0.6) is 5.88 Å². The van der Waals surface area contributed by atoms with Crippen LogP contribution >= 0.6 is 11.6 Å². The number of hydrogen-bond acceptors (Lipinski definition) is 5. The molecule has 0 saturated heterocycles. The highest BCUT2D eigenvalue weighted by Gasteiger charge is 2.25. The van der Waals surface area contributed by atoms with Gasteiger partial charge in [0.2, 0.25) is 11.2 Å². The third-order valence-corrected chi connectivity index (χ3v) is 3.27. The van der Waals surface area contributed by atoms with Crippen LogP contribution < -0.4 is 4.74 Å². The topological polar surface area (TPSA) is 66.9 Å². The Hall–Kier alpha value is -1.40. The lowest BCUT2D eigenvalue weighted by Gasteiger charge is -2.15. The quantitative estimate of drug-likeness (QED) is 0.831. The Bertz CT molecular complexity index is 553. The van der Waals surface area contributed by atoms with Crippen molar-refractivity contribution in [1.29, 1.82) is 0 Å². The number of ether oxygens (including phenoxy) is 1. The van der Waals surface area contributed by atoms with Crippen molar-refractivity contribution in [2.45, 2.75) is 18.9 Å². The molecule has 0 spiro atoms. The smallest absolute Gasteiger partial charge is 0.229 e. The van der Waals surface area contributed by atoms with E-state index < -0.39 is 0 Å². The number of halogens is 1. The zero-order valence-electron chi connectivity index (χ0n) is 10.1. The molecule has 2 aromatic heterocycles. The fourth-order valence-corrected chi connectivity index (χ4v) is 2.04. The first-order valence-electron chi connectivity index (χ1n) is 5.93. The van der Waals surface area contributed by atoms with Gasteiger partial charge in [-0.15, -0.1) is 0 Å². The van der Waals surface area contributed by atoms with Crippen molar-refractivity contribution in [3.63, 3.8) is 0 Å². The lowest BCUT2D eigenvalue weighted by Crippen LogP contribution is -2.26. The molecule has 2 aromatic rings. The molecular formula is C11H14ClN5O. The van der Waals surface area contributed by atoms with Gasteiger partial charge in [0.05, 0.1) is 6.20 Å². The van der Waals surface area contributed by atoms with Crippen LogP contribution in [0.15, 0.2) is 6.20 Å². The number of likely N-dealkylation sites (N-methyl/N-ethyl adjacent to an activating group) is 1. The van der Waals surface area contributed by atoms with Gasteiger partial charge in [-0.25, -0.2) is 0 Å². The van der Waals surface area contributed by atoms with E-state index in [1.165, 1.54) is 12.8 Å². The van der Waals surface area contributed by atoms with Gasteiger partial charge in [0.25, 0.3) is 0 Å². The Labute approximate surface area is 109 Å². The van der Waals surface area contributed by atoms with Gasteiger partial charge in [-0.1, -0.05) is 0 Å². The monoisotopic (exact) mass is 267 g/mol. The second kappa shape index (κ2) is 4.70. The average Bonchev–Trinajstić information content (AvgIpc) is 3.08. The highest BCUT2D eigenvalue weighted by atomic mass is 35.5. The Morgan fingerprint density at radius 2 is 2.33 bits per heavy atom. The molecule has 0 bridgehead atoms. The lowest BCUT2D eigenvalue weighted by atomic mass is 10.4. The first kappa shape index (κ1) is 11.7. The molecule has 1 aliphatic carbocycles.